The molecule has 3 unspecified atom stereocenters. The molecular weight excluding hydrogens is 309 g/mol. The van der Waals surface area contributed by atoms with Crippen LogP contribution in [-0.2, 0) is 9.53 Å². The Morgan fingerprint density at radius 3 is 2.88 bits per heavy atom. The Hall–Kier alpha value is -1.50. The maximum absolute atomic E-state index is 13.7. The van der Waals surface area contributed by atoms with Crippen molar-refractivity contribution >= 4 is 5.91 Å². The molecule has 1 saturated heterocycles. The summed E-state index contributed by atoms with van der Waals surface area (Å²) in [7, 11) is 0. The fourth-order valence-electron chi connectivity index (χ4n) is 3.81. The number of carbonyl (C=O) groups excluding carboxylic acids is 1. The third kappa shape index (κ3) is 3.94. The summed E-state index contributed by atoms with van der Waals surface area (Å²) in [6.07, 6.45) is 3.12. The molecular formula is C18H26FN3O2. The maximum Gasteiger partial charge on any atom is 0.242 e. The van der Waals surface area contributed by atoms with Gasteiger partial charge in [-0.15, -0.1) is 0 Å². The van der Waals surface area contributed by atoms with E-state index in [-0.39, 0.29) is 17.8 Å². The van der Waals surface area contributed by atoms with Crippen molar-refractivity contribution < 1.29 is 13.9 Å². The first-order valence-corrected chi connectivity index (χ1v) is 8.76. The van der Waals surface area contributed by atoms with E-state index >= 15 is 0 Å². The first-order valence-electron chi connectivity index (χ1n) is 8.76. The van der Waals surface area contributed by atoms with Crippen molar-refractivity contribution in [1.82, 2.24) is 10.2 Å². The fourth-order valence-corrected chi connectivity index (χ4v) is 3.81. The minimum atomic E-state index is -0.483. The summed E-state index contributed by atoms with van der Waals surface area (Å²) in [5, 5.41) is 3.17. The zero-order valence-corrected chi connectivity index (χ0v) is 13.9. The quantitative estimate of drug-likeness (QED) is 0.854. The van der Waals surface area contributed by atoms with Gasteiger partial charge < -0.3 is 15.8 Å². The van der Waals surface area contributed by atoms with Gasteiger partial charge in [0.25, 0.3) is 0 Å². The van der Waals surface area contributed by atoms with Crippen molar-refractivity contribution in [2.24, 2.45) is 11.7 Å². The summed E-state index contributed by atoms with van der Waals surface area (Å²) < 4.78 is 19.1. The van der Waals surface area contributed by atoms with E-state index < -0.39 is 6.04 Å². The lowest BCUT2D eigenvalue weighted by molar-refractivity contribution is -0.129. The summed E-state index contributed by atoms with van der Waals surface area (Å²) in [5.74, 6) is -0.0427. The smallest absolute Gasteiger partial charge is 0.242 e. The molecule has 1 amide bonds. The Morgan fingerprint density at radius 2 is 2.17 bits per heavy atom. The zero-order valence-electron chi connectivity index (χ0n) is 13.9. The maximum atomic E-state index is 13.7. The second-order valence-electron chi connectivity index (χ2n) is 6.65. The molecule has 5 nitrogen and oxygen atoms in total. The van der Waals surface area contributed by atoms with Crippen molar-refractivity contribution in [3.63, 3.8) is 0 Å². The standard InChI is InChI=1S/C18H26FN3O2/c19-15-5-1-3-13(11-15)17(22-7-9-24-10-8-22)18(23)21-16-6-2-4-14(16)12-20/h1,3,5,11,14,16-17H,2,4,6-10,12,20H2,(H,21,23). The normalized spacial score (nSPS) is 26.2. The van der Waals surface area contributed by atoms with Crippen molar-refractivity contribution in [1.29, 1.82) is 0 Å². The van der Waals surface area contributed by atoms with Crippen molar-refractivity contribution in [3.05, 3.63) is 35.6 Å². The number of hydrogen-bond acceptors (Lipinski definition) is 4. The second kappa shape index (κ2) is 8.05. The van der Waals surface area contributed by atoms with Gasteiger partial charge in [-0.25, -0.2) is 4.39 Å². The summed E-state index contributed by atoms with van der Waals surface area (Å²) in [4.78, 5) is 15.1. The Balaban J connectivity index is 1.79. The zero-order chi connectivity index (χ0) is 16.9. The van der Waals surface area contributed by atoms with Crippen LogP contribution in [-0.4, -0.2) is 49.7 Å². The van der Waals surface area contributed by atoms with Crippen LogP contribution < -0.4 is 11.1 Å². The van der Waals surface area contributed by atoms with Crippen LogP contribution in [0.1, 0.15) is 30.9 Å². The molecule has 2 fully saturated rings. The van der Waals surface area contributed by atoms with Crippen LogP contribution in [0.5, 0.6) is 0 Å². The number of nitrogens with two attached hydrogens (primary N) is 1. The molecule has 132 valence electrons. The van der Waals surface area contributed by atoms with E-state index in [1.165, 1.54) is 12.1 Å². The minimum absolute atomic E-state index is 0.0622. The molecule has 6 heteroatoms. The molecule has 3 N–H and O–H groups in total. The number of morpholine rings is 1. The number of nitrogens with one attached hydrogen (secondary N) is 1. The van der Waals surface area contributed by atoms with Crippen LogP contribution in [0.4, 0.5) is 4.39 Å². The third-order valence-electron chi connectivity index (χ3n) is 5.11. The van der Waals surface area contributed by atoms with Crippen molar-refractivity contribution in [2.45, 2.75) is 31.3 Å². The van der Waals surface area contributed by atoms with Gasteiger partial charge in [-0.3, -0.25) is 9.69 Å². The molecule has 1 aromatic carbocycles. The van der Waals surface area contributed by atoms with Gasteiger partial charge in [-0.05, 0) is 43.0 Å². The molecule has 24 heavy (non-hydrogen) atoms. The van der Waals surface area contributed by atoms with Crippen molar-refractivity contribution in [2.75, 3.05) is 32.8 Å². The average molecular weight is 335 g/mol. The van der Waals surface area contributed by atoms with Gasteiger partial charge in [-0.1, -0.05) is 18.6 Å². The molecule has 1 aliphatic carbocycles. The molecule has 3 rings (SSSR count). The highest BCUT2D eigenvalue weighted by Gasteiger charge is 2.33. The van der Waals surface area contributed by atoms with Gasteiger partial charge >= 0.3 is 0 Å². The summed E-state index contributed by atoms with van der Waals surface area (Å²) in [6.45, 7) is 3.11. The highest BCUT2D eigenvalue weighted by molar-refractivity contribution is 5.83. The lowest BCUT2D eigenvalue weighted by Crippen LogP contribution is -2.49. The Labute approximate surface area is 142 Å². The van der Waals surface area contributed by atoms with Crippen molar-refractivity contribution in [3.8, 4) is 0 Å². The Kier molecular flexibility index (Phi) is 5.81. The number of amides is 1. The summed E-state index contributed by atoms with van der Waals surface area (Å²) in [5.41, 5.74) is 6.51. The number of rotatable bonds is 5. The van der Waals surface area contributed by atoms with Gasteiger partial charge in [-0.2, -0.15) is 0 Å². The molecule has 3 atom stereocenters. The molecule has 1 heterocycles. The van der Waals surface area contributed by atoms with Crippen LogP contribution in [0.2, 0.25) is 0 Å². The lowest BCUT2D eigenvalue weighted by Gasteiger charge is -2.35. The Morgan fingerprint density at radius 1 is 1.38 bits per heavy atom. The van der Waals surface area contributed by atoms with Gasteiger partial charge in [0.15, 0.2) is 0 Å². The predicted molar refractivity (Wildman–Crippen MR) is 89.9 cm³/mol. The van der Waals surface area contributed by atoms with Gasteiger partial charge in [0.2, 0.25) is 5.91 Å². The number of halogens is 1. The molecule has 0 aromatic heterocycles. The van der Waals surface area contributed by atoms with Crippen LogP contribution in [0.25, 0.3) is 0 Å². The number of benzene rings is 1. The number of ether oxygens (including phenoxy) is 1. The highest BCUT2D eigenvalue weighted by atomic mass is 19.1. The van der Waals surface area contributed by atoms with E-state index in [4.69, 9.17) is 10.5 Å². The van der Waals surface area contributed by atoms with E-state index in [2.05, 4.69) is 10.2 Å². The van der Waals surface area contributed by atoms with Gasteiger partial charge in [0.05, 0.1) is 13.2 Å². The molecule has 2 aliphatic rings. The second-order valence-corrected chi connectivity index (χ2v) is 6.65. The number of carbonyl (C=O) groups is 1. The molecule has 0 radical (unpaired) electrons. The molecule has 1 aromatic rings. The molecule has 0 spiro atoms. The van der Waals surface area contributed by atoms with E-state index in [0.717, 1.165) is 19.3 Å². The summed E-state index contributed by atoms with van der Waals surface area (Å²) >= 11 is 0. The van der Waals surface area contributed by atoms with E-state index in [1.54, 1.807) is 6.07 Å². The topological polar surface area (TPSA) is 67.6 Å². The van der Waals surface area contributed by atoms with E-state index in [1.807, 2.05) is 6.07 Å². The lowest BCUT2D eigenvalue weighted by atomic mass is 10.0. The van der Waals surface area contributed by atoms with Gasteiger partial charge in [0.1, 0.15) is 11.9 Å². The average Bonchev–Trinajstić information content (AvgIpc) is 3.03. The highest BCUT2D eigenvalue weighted by Crippen LogP contribution is 2.27. The van der Waals surface area contributed by atoms with Crippen LogP contribution in [0.15, 0.2) is 24.3 Å². The van der Waals surface area contributed by atoms with E-state index in [9.17, 15) is 9.18 Å². The molecule has 1 aliphatic heterocycles. The van der Waals surface area contributed by atoms with Crippen LogP contribution in [0, 0.1) is 11.7 Å². The monoisotopic (exact) mass is 335 g/mol. The molecule has 0 bridgehead atoms. The molecule has 1 saturated carbocycles. The number of nitrogens with zero attached hydrogens (tertiary/aromatic N) is 1. The fraction of sp³-hybridized carbons (Fsp3) is 0.611. The summed E-state index contributed by atoms with van der Waals surface area (Å²) in [6, 6.07) is 5.97. The predicted octanol–water partition coefficient (Wildman–Crippen LogP) is 1.44. The Bertz CT molecular complexity index is 563. The van der Waals surface area contributed by atoms with E-state index in [0.29, 0.717) is 44.3 Å². The first-order chi connectivity index (χ1) is 11.7. The third-order valence-corrected chi connectivity index (χ3v) is 5.11. The minimum Gasteiger partial charge on any atom is -0.379 e. The largest absolute Gasteiger partial charge is 0.379 e. The first kappa shape index (κ1) is 17.3. The SMILES string of the molecule is NCC1CCCC1NC(=O)C(c1cccc(F)c1)N1CCOCC1. The van der Waals surface area contributed by atoms with Crippen LogP contribution in [0.3, 0.4) is 0 Å². The van der Waals surface area contributed by atoms with Gasteiger partial charge in [0, 0.05) is 19.1 Å². The number of hydrogen-bond donors (Lipinski definition) is 2. The van der Waals surface area contributed by atoms with Crippen LogP contribution >= 0.6 is 0 Å².